The summed E-state index contributed by atoms with van der Waals surface area (Å²) >= 11 is 0. The highest BCUT2D eigenvalue weighted by Crippen LogP contribution is 2.33. The fourth-order valence-electron chi connectivity index (χ4n) is 4.02. The Labute approximate surface area is 193 Å². The summed E-state index contributed by atoms with van der Waals surface area (Å²) in [4.78, 5) is 43.0. The van der Waals surface area contributed by atoms with Gasteiger partial charge < -0.3 is 9.64 Å². The van der Waals surface area contributed by atoms with E-state index in [-0.39, 0.29) is 19.1 Å². The molecule has 0 radical (unpaired) electrons. The molecular formula is C27H26N2O4. The van der Waals surface area contributed by atoms with Crippen molar-refractivity contribution >= 4 is 17.9 Å². The molecule has 0 N–H and O–H groups in total. The van der Waals surface area contributed by atoms with Crippen LogP contribution in [0.15, 0.2) is 91.0 Å². The Morgan fingerprint density at radius 3 is 2.00 bits per heavy atom. The molecule has 0 aliphatic carbocycles. The molecule has 1 heterocycles. The number of amides is 3. The molecule has 4 rings (SSSR count). The number of rotatable bonds is 6. The zero-order valence-corrected chi connectivity index (χ0v) is 18.7. The second kappa shape index (κ2) is 9.28. The van der Waals surface area contributed by atoms with Crippen LogP contribution in [0.3, 0.4) is 0 Å². The normalized spacial score (nSPS) is 15.6. The summed E-state index contributed by atoms with van der Waals surface area (Å²) in [6.07, 6.45) is -0.697. The van der Waals surface area contributed by atoms with Gasteiger partial charge in [-0.15, -0.1) is 0 Å². The van der Waals surface area contributed by atoms with Crippen molar-refractivity contribution in [2.24, 2.45) is 0 Å². The van der Waals surface area contributed by atoms with Gasteiger partial charge in [-0.25, -0.2) is 9.69 Å². The number of hydrogen-bond donors (Lipinski definition) is 0. The van der Waals surface area contributed by atoms with E-state index in [1.54, 1.807) is 50.2 Å². The van der Waals surface area contributed by atoms with Gasteiger partial charge in [0.05, 0.1) is 5.54 Å². The summed E-state index contributed by atoms with van der Waals surface area (Å²) in [6, 6.07) is 26.4. The largest absolute Gasteiger partial charge is 0.447 e. The third-order valence-corrected chi connectivity index (χ3v) is 5.70. The number of nitrogens with zero attached hydrogens (tertiary/aromatic N) is 2. The number of carbonyl (C=O) groups is 3. The van der Waals surface area contributed by atoms with Gasteiger partial charge >= 0.3 is 6.09 Å². The zero-order valence-electron chi connectivity index (χ0n) is 18.7. The monoisotopic (exact) mass is 442 g/mol. The van der Waals surface area contributed by atoms with E-state index in [0.29, 0.717) is 11.1 Å². The fourth-order valence-corrected chi connectivity index (χ4v) is 4.02. The molecule has 6 nitrogen and oxygen atoms in total. The van der Waals surface area contributed by atoms with E-state index in [1.807, 2.05) is 54.6 Å². The SMILES string of the molecule is CC1(C)COC(=O)N1C(=O)C(c1ccccc1)N(Cc1ccccc1)C(=O)c1ccccc1. The van der Waals surface area contributed by atoms with Crippen molar-refractivity contribution in [2.75, 3.05) is 6.61 Å². The summed E-state index contributed by atoms with van der Waals surface area (Å²) in [6.45, 7) is 3.85. The van der Waals surface area contributed by atoms with Crippen molar-refractivity contribution in [1.29, 1.82) is 0 Å². The van der Waals surface area contributed by atoms with Crippen LogP contribution in [0.25, 0.3) is 0 Å². The van der Waals surface area contributed by atoms with Crippen molar-refractivity contribution in [3.63, 3.8) is 0 Å². The zero-order chi connectivity index (χ0) is 23.4. The average Bonchev–Trinajstić information content (AvgIpc) is 3.12. The van der Waals surface area contributed by atoms with E-state index < -0.39 is 23.6 Å². The molecule has 0 aromatic heterocycles. The second-order valence-electron chi connectivity index (χ2n) is 8.64. The van der Waals surface area contributed by atoms with Crippen molar-refractivity contribution < 1.29 is 19.1 Å². The number of hydrogen-bond acceptors (Lipinski definition) is 4. The highest BCUT2D eigenvalue weighted by Gasteiger charge is 2.48. The van der Waals surface area contributed by atoms with Crippen LogP contribution >= 0.6 is 0 Å². The van der Waals surface area contributed by atoms with Crippen molar-refractivity contribution in [1.82, 2.24) is 9.80 Å². The number of benzene rings is 3. The number of carbonyl (C=O) groups excluding carboxylic acids is 3. The molecule has 1 saturated heterocycles. The lowest BCUT2D eigenvalue weighted by molar-refractivity contribution is -0.136. The molecule has 0 bridgehead atoms. The highest BCUT2D eigenvalue weighted by atomic mass is 16.6. The van der Waals surface area contributed by atoms with Crippen molar-refractivity contribution in [2.45, 2.75) is 32.0 Å². The molecule has 3 aromatic carbocycles. The van der Waals surface area contributed by atoms with Crippen LogP contribution in [-0.4, -0.2) is 39.9 Å². The molecule has 33 heavy (non-hydrogen) atoms. The maximum Gasteiger partial charge on any atom is 0.417 e. The van der Waals surface area contributed by atoms with Gasteiger partial charge in [0.2, 0.25) is 0 Å². The quantitative estimate of drug-likeness (QED) is 0.549. The minimum absolute atomic E-state index is 0.102. The van der Waals surface area contributed by atoms with E-state index in [4.69, 9.17) is 4.74 Å². The van der Waals surface area contributed by atoms with Gasteiger partial charge in [-0.05, 0) is 37.1 Å². The molecule has 3 aromatic rings. The number of ether oxygens (including phenoxy) is 1. The Bertz CT molecular complexity index is 1130. The summed E-state index contributed by atoms with van der Waals surface area (Å²) in [7, 11) is 0. The smallest absolute Gasteiger partial charge is 0.417 e. The van der Waals surface area contributed by atoms with Gasteiger partial charge in [0.15, 0.2) is 0 Å². The van der Waals surface area contributed by atoms with Gasteiger partial charge in [0.25, 0.3) is 11.8 Å². The first-order chi connectivity index (χ1) is 15.9. The molecule has 1 atom stereocenters. The third kappa shape index (κ3) is 4.65. The lowest BCUT2D eigenvalue weighted by atomic mass is 9.98. The van der Waals surface area contributed by atoms with Crippen LogP contribution in [0, 0.1) is 0 Å². The Morgan fingerprint density at radius 1 is 0.909 bits per heavy atom. The second-order valence-corrected chi connectivity index (χ2v) is 8.64. The average molecular weight is 443 g/mol. The molecule has 0 saturated carbocycles. The lowest BCUT2D eigenvalue weighted by Gasteiger charge is -2.36. The first-order valence-corrected chi connectivity index (χ1v) is 10.8. The maximum absolute atomic E-state index is 14.0. The van der Waals surface area contributed by atoms with Crippen LogP contribution in [0.5, 0.6) is 0 Å². The highest BCUT2D eigenvalue weighted by molar-refractivity contribution is 6.02. The first kappa shape index (κ1) is 22.3. The van der Waals surface area contributed by atoms with Crippen molar-refractivity contribution in [3.05, 3.63) is 108 Å². The lowest BCUT2D eigenvalue weighted by Crippen LogP contribution is -2.52. The van der Waals surface area contributed by atoms with Gasteiger partial charge in [-0.3, -0.25) is 9.59 Å². The van der Waals surface area contributed by atoms with Crippen LogP contribution < -0.4 is 0 Å². The van der Waals surface area contributed by atoms with Gasteiger partial charge in [-0.1, -0.05) is 78.9 Å². The summed E-state index contributed by atoms with van der Waals surface area (Å²) in [5.74, 6) is -0.791. The minimum Gasteiger partial charge on any atom is -0.447 e. The van der Waals surface area contributed by atoms with E-state index in [2.05, 4.69) is 0 Å². The van der Waals surface area contributed by atoms with Crippen LogP contribution in [0.4, 0.5) is 4.79 Å². The summed E-state index contributed by atoms with van der Waals surface area (Å²) in [5, 5.41) is 0. The third-order valence-electron chi connectivity index (χ3n) is 5.70. The maximum atomic E-state index is 14.0. The standard InChI is InChI=1S/C27H26N2O4/c1-27(2)19-33-26(32)29(27)25(31)23(21-14-8-4-9-15-21)28(18-20-12-6-3-7-13-20)24(30)22-16-10-5-11-17-22/h3-17,23H,18-19H2,1-2H3. The molecule has 6 heteroatoms. The van der Waals surface area contributed by atoms with E-state index >= 15 is 0 Å². The number of imide groups is 1. The molecule has 1 aliphatic heterocycles. The van der Waals surface area contributed by atoms with Crippen LogP contribution in [-0.2, 0) is 16.1 Å². The molecule has 1 fully saturated rings. The summed E-state index contributed by atoms with van der Waals surface area (Å²) in [5.41, 5.74) is 1.14. The first-order valence-electron chi connectivity index (χ1n) is 10.8. The van der Waals surface area contributed by atoms with Crippen LogP contribution in [0.2, 0.25) is 0 Å². The minimum atomic E-state index is -1.01. The summed E-state index contributed by atoms with van der Waals surface area (Å²) < 4.78 is 5.19. The topological polar surface area (TPSA) is 66.9 Å². The van der Waals surface area contributed by atoms with Gasteiger partial charge in [0.1, 0.15) is 12.6 Å². The molecule has 1 unspecified atom stereocenters. The fraction of sp³-hybridized carbons (Fsp3) is 0.222. The predicted octanol–water partition coefficient (Wildman–Crippen LogP) is 4.83. The van der Waals surface area contributed by atoms with E-state index in [1.165, 1.54) is 4.90 Å². The Balaban J connectivity index is 1.83. The molecule has 0 spiro atoms. The van der Waals surface area contributed by atoms with Crippen LogP contribution in [0.1, 0.15) is 41.4 Å². The Kier molecular flexibility index (Phi) is 6.27. The molecule has 3 amide bonds. The van der Waals surface area contributed by atoms with E-state index in [9.17, 15) is 14.4 Å². The van der Waals surface area contributed by atoms with Crippen molar-refractivity contribution in [3.8, 4) is 0 Å². The Morgan fingerprint density at radius 2 is 1.45 bits per heavy atom. The van der Waals surface area contributed by atoms with Gasteiger partial charge in [0, 0.05) is 12.1 Å². The molecule has 1 aliphatic rings. The van der Waals surface area contributed by atoms with Gasteiger partial charge in [-0.2, -0.15) is 0 Å². The van der Waals surface area contributed by atoms with E-state index in [0.717, 1.165) is 10.5 Å². The number of cyclic esters (lactones) is 1. The molecule has 168 valence electrons. The Hall–Kier alpha value is -3.93. The molecular weight excluding hydrogens is 416 g/mol. The predicted molar refractivity (Wildman–Crippen MR) is 124 cm³/mol.